The molecule has 0 aliphatic heterocycles. The number of pyridine rings is 1. The van der Waals surface area contributed by atoms with Crippen LogP contribution in [0.25, 0.3) is 10.9 Å². The highest BCUT2D eigenvalue weighted by Crippen LogP contribution is 2.25. The van der Waals surface area contributed by atoms with Crippen molar-refractivity contribution in [2.75, 3.05) is 16.8 Å². The number of rotatable bonds is 5. The molecule has 0 unspecified atom stereocenters. The number of carbonyl (C=O) groups is 2. The van der Waals surface area contributed by atoms with E-state index in [-0.39, 0.29) is 24.8 Å². The van der Waals surface area contributed by atoms with Crippen LogP contribution in [-0.2, 0) is 9.59 Å². The van der Waals surface area contributed by atoms with Gasteiger partial charge in [0.05, 0.1) is 11.2 Å². The number of halogens is 1. The summed E-state index contributed by atoms with van der Waals surface area (Å²) in [7, 11) is 0. The van der Waals surface area contributed by atoms with Crippen LogP contribution in [0.5, 0.6) is 0 Å². The zero-order chi connectivity index (χ0) is 18.5. The normalized spacial score (nSPS) is 10.5. The lowest BCUT2D eigenvalue weighted by atomic mass is 10.1. The lowest BCUT2D eigenvalue weighted by Gasteiger charge is -2.22. The number of carbonyl (C=O) groups excluding carboxylic acids is 2. The molecule has 2 aromatic carbocycles. The highest BCUT2D eigenvalue weighted by molar-refractivity contribution is 6.30. The van der Waals surface area contributed by atoms with Crippen LogP contribution >= 0.6 is 11.6 Å². The number of nitrogens with zero attached hydrogens (tertiary/aromatic N) is 2. The molecule has 0 spiro atoms. The molecule has 0 saturated heterocycles. The van der Waals surface area contributed by atoms with Gasteiger partial charge in [-0.05, 0) is 30.3 Å². The highest BCUT2D eigenvalue weighted by Gasteiger charge is 2.16. The van der Waals surface area contributed by atoms with Crippen LogP contribution in [0.3, 0.4) is 0 Å². The van der Waals surface area contributed by atoms with Crippen molar-refractivity contribution in [2.45, 2.75) is 13.3 Å². The van der Waals surface area contributed by atoms with Crippen molar-refractivity contribution in [1.82, 2.24) is 4.98 Å². The average Bonchev–Trinajstić information content (AvgIpc) is 2.62. The molecule has 132 valence electrons. The number of aromatic nitrogens is 1. The smallest absolute Gasteiger partial charge is 0.226 e. The number of fused-ring (bicyclic) bond motifs is 1. The van der Waals surface area contributed by atoms with Gasteiger partial charge in [-0.25, -0.2) is 0 Å². The van der Waals surface area contributed by atoms with E-state index >= 15 is 0 Å². The third-order valence-electron chi connectivity index (χ3n) is 3.95. The molecular formula is C20H18ClN3O2. The second kappa shape index (κ2) is 7.97. The lowest BCUT2D eigenvalue weighted by Crippen LogP contribution is -2.32. The first kappa shape index (κ1) is 17.9. The number of hydrogen-bond acceptors (Lipinski definition) is 3. The van der Waals surface area contributed by atoms with E-state index < -0.39 is 0 Å². The largest absolute Gasteiger partial charge is 0.326 e. The molecule has 5 nitrogen and oxygen atoms in total. The molecule has 1 N–H and O–H groups in total. The Kier molecular flexibility index (Phi) is 5.49. The summed E-state index contributed by atoms with van der Waals surface area (Å²) in [6.45, 7) is 1.74. The summed E-state index contributed by atoms with van der Waals surface area (Å²) in [6.07, 6.45) is 1.85. The Labute approximate surface area is 156 Å². The molecular weight excluding hydrogens is 350 g/mol. The number of amides is 2. The summed E-state index contributed by atoms with van der Waals surface area (Å²) in [5.74, 6) is -0.328. The van der Waals surface area contributed by atoms with Gasteiger partial charge in [0.1, 0.15) is 0 Å². The molecule has 0 aliphatic rings. The third-order valence-corrected chi connectivity index (χ3v) is 4.19. The van der Waals surface area contributed by atoms with Crippen LogP contribution in [0.1, 0.15) is 13.3 Å². The molecule has 0 atom stereocenters. The van der Waals surface area contributed by atoms with Gasteiger partial charge in [0.25, 0.3) is 0 Å². The van der Waals surface area contributed by atoms with Gasteiger partial charge >= 0.3 is 0 Å². The lowest BCUT2D eigenvalue weighted by molar-refractivity contribution is -0.117. The van der Waals surface area contributed by atoms with E-state index in [1.807, 2.05) is 30.3 Å². The number of hydrogen-bond donors (Lipinski definition) is 1. The fourth-order valence-corrected chi connectivity index (χ4v) is 2.95. The van der Waals surface area contributed by atoms with E-state index in [0.717, 1.165) is 10.9 Å². The second-order valence-electron chi connectivity index (χ2n) is 5.83. The first-order chi connectivity index (χ1) is 12.5. The van der Waals surface area contributed by atoms with Gasteiger partial charge in [0, 0.05) is 42.2 Å². The summed E-state index contributed by atoms with van der Waals surface area (Å²) in [5.41, 5.74) is 2.07. The Balaban J connectivity index is 1.75. The minimum Gasteiger partial charge on any atom is -0.326 e. The standard InChI is InChI=1S/C20H18ClN3O2/c1-14(25)24(18-9-2-5-15-6-4-11-22-20(15)18)12-10-19(26)23-17-8-3-7-16(21)13-17/h2-9,11,13H,10,12H2,1H3,(H,23,26). The third kappa shape index (κ3) is 4.18. The Morgan fingerprint density at radius 1 is 1.12 bits per heavy atom. The molecule has 3 rings (SSSR count). The Morgan fingerprint density at radius 2 is 1.88 bits per heavy atom. The van der Waals surface area contributed by atoms with Crippen molar-refractivity contribution in [1.29, 1.82) is 0 Å². The molecule has 0 saturated carbocycles. The van der Waals surface area contributed by atoms with Crippen molar-refractivity contribution >= 4 is 45.7 Å². The van der Waals surface area contributed by atoms with E-state index in [1.165, 1.54) is 6.92 Å². The minimum atomic E-state index is -0.188. The highest BCUT2D eigenvalue weighted by atomic mass is 35.5. The fraction of sp³-hybridized carbons (Fsp3) is 0.150. The maximum Gasteiger partial charge on any atom is 0.226 e. The summed E-state index contributed by atoms with van der Waals surface area (Å²) in [4.78, 5) is 30.3. The van der Waals surface area contributed by atoms with E-state index in [1.54, 1.807) is 35.4 Å². The molecule has 0 bridgehead atoms. The summed E-state index contributed by atoms with van der Waals surface area (Å²) in [6, 6.07) is 16.4. The molecule has 3 aromatic rings. The van der Waals surface area contributed by atoms with Crippen molar-refractivity contribution in [3.8, 4) is 0 Å². The Hall–Kier alpha value is -2.92. The molecule has 6 heteroatoms. The average molecular weight is 368 g/mol. The van der Waals surface area contributed by atoms with Crippen LogP contribution in [0.2, 0.25) is 5.02 Å². The quantitative estimate of drug-likeness (QED) is 0.732. The van der Waals surface area contributed by atoms with Crippen molar-refractivity contribution < 1.29 is 9.59 Å². The zero-order valence-corrected chi connectivity index (χ0v) is 15.0. The van der Waals surface area contributed by atoms with Crippen molar-refractivity contribution in [3.05, 3.63) is 65.8 Å². The number of anilines is 2. The van der Waals surface area contributed by atoms with Crippen molar-refractivity contribution in [3.63, 3.8) is 0 Å². The monoisotopic (exact) mass is 367 g/mol. The first-order valence-corrected chi connectivity index (χ1v) is 8.59. The molecule has 0 radical (unpaired) electrons. The molecule has 0 aliphatic carbocycles. The molecule has 1 aromatic heterocycles. The van der Waals surface area contributed by atoms with Crippen LogP contribution in [0.4, 0.5) is 11.4 Å². The van der Waals surface area contributed by atoms with E-state index in [2.05, 4.69) is 10.3 Å². The predicted molar refractivity (Wildman–Crippen MR) is 104 cm³/mol. The fourth-order valence-electron chi connectivity index (χ4n) is 2.76. The first-order valence-electron chi connectivity index (χ1n) is 8.22. The van der Waals surface area contributed by atoms with Crippen molar-refractivity contribution in [2.24, 2.45) is 0 Å². The summed E-state index contributed by atoms with van der Waals surface area (Å²) >= 11 is 5.92. The number of nitrogens with one attached hydrogen (secondary N) is 1. The Bertz CT molecular complexity index is 953. The second-order valence-corrected chi connectivity index (χ2v) is 6.27. The van der Waals surface area contributed by atoms with E-state index in [0.29, 0.717) is 16.4 Å². The maximum atomic E-state index is 12.2. The maximum absolute atomic E-state index is 12.2. The SMILES string of the molecule is CC(=O)N(CCC(=O)Nc1cccc(Cl)c1)c1cccc2cccnc12. The summed E-state index contributed by atoms with van der Waals surface area (Å²) < 4.78 is 0. The van der Waals surface area contributed by atoms with E-state index in [4.69, 9.17) is 11.6 Å². The predicted octanol–water partition coefficient (Wildman–Crippen LogP) is 4.27. The summed E-state index contributed by atoms with van der Waals surface area (Å²) in [5, 5.41) is 4.28. The number of para-hydroxylation sites is 1. The molecule has 1 heterocycles. The van der Waals surface area contributed by atoms with Crippen LogP contribution < -0.4 is 10.2 Å². The van der Waals surface area contributed by atoms with Gasteiger partial charge in [-0.3, -0.25) is 14.6 Å². The van der Waals surface area contributed by atoms with E-state index in [9.17, 15) is 9.59 Å². The Morgan fingerprint density at radius 3 is 2.65 bits per heavy atom. The topological polar surface area (TPSA) is 62.3 Å². The zero-order valence-electron chi connectivity index (χ0n) is 14.3. The van der Waals surface area contributed by atoms with Gasteiger partial charge in [0.2, 0.25) is 11.8 Å². The minimum absolute atomic E-state index is 0.140. The number of benzene rings is 2. The van der Waals surface area contributed by atoms with Crippen LogP contribution in [-0.4, -0.2) is 23.3 Å². The molecule has 26 heavy (non-hydrogen) atoms. The molecule has 0 fully saturated rings. The molecule has 2 amide bonds. The van der Waals surface area contributed by atoms with Gasteiger partial charge in [-0.15, -0.1) is 0 Å². The van der Waals surface area contributed by atoms with Gasteiger partial charge in [0.15, 0.2) is 0 Å². The van der Waals surface area contributed by atoms with Crippen LogP contribution in [0.15, 0.2) is 60.8 Å². The van der Waals surface area contributed by atoms with Crippen LogP contribution in [0, 0.1) is 0 Å². The van der Waals surface area contributed by atoms with Gasteiger partial charge in [-0.2, -0.15) is 0 Å². The van der Waals surface area contributed by atoms with Gasteiger partial charge < -0.3 is 10.2 Å². The van der Waals surface area contributed by atoms with Gasteiger partial charge in [-0.1, -0.05) is 35.9 Å².